The first-order chi connectivity index (χ1) is 12.1. The minimum Gasteiger partial charge on any atom is -0.468 e. The van der Waals surface area contributed by atoms with Gasteiger partial charge in [0.15, 0.2) is 5.82 Å². The quantitative estimate of drug-likeness (QED) is 0.653. The highest BCUT2D eigenvalue weighted by Gasteiger charge is 2.32. The van der Waals surface area contributed by atoms with Gasteiger partial charge in [-0.2, -0.15) is 0 Å². The first kappa shape index (κ1) is 15.8. The maximum atomic E-state index is 12.5. The molecule has 0 aliphatic carbocycles. The van der Waals surface area contributed by atoms with Gasteiger partial charge in [0.05, 0.1) is 24.6 Å². The van der Waals surface area contributed by atoms with Crippen LogP contribution in [0.1, 0.15) is 18.7 Å². The number of rotatable bonds is 3. The highest BCUT2D eigenvalue weighted by atomic mass is 16.5. The molecule has 3 heterocycles. The zero-order valence-electron chi connectivity index (χ0n) is 14.2. The van der Waals surface area contributed by atoms with Gasteiger partial charge < -0.3 is 4.74 Å². The van der Waals surface area contributed by atoms with Crippen molar-refractivity contribution < 1.29 is 9.53 Å². The summed E-state index contributed by atoms with van der Waals surface area (Å²) in [5.41, 5.74) is 0.671. The second-order valence-corrected chi connectivity index (χ2v) is 6.28. The summed E-state index contributed by atoms with van der Waals surface area (Å²) >= 11 is 0. The summed E-state index contributed by atoms with van der Waals surface area (Å²) in [5, 5.41) is 9.10. The average Bonchev–Trinajstić information content (AvgIpc) is 3.27. The molecule has 1 aliphatic rings. The molecule has 4 rings (SSSR count). The molecule has 2 aromatic heterocycles. The van der Waals surface area contributed by atoms with Crippen LogP contribution in [0.5, 0.6) is 0 Å². The van der Waals surface area contributed by atoms with E-state index in [0.29, 0.717) is 23.5 Å². The summed E-state index contributed by atoms with van der Waals surface area (Å²) in [5.74, 6) is 0.980. The third-order valence-electron chi connectivity index (χ3n) is 4.87. The molecule has 8 heteroatoms. The molecule has 25 heavy (non-hydrogen) atoms. The van der Waals surface area contributed by atoms with Gasteiger partial charge in [-0.15, -0.1) is 10.2 Å². The molecule has 0 bridgehead atoms. The van der Waals surface area contributed by atoms with Crippen molar-refractivity contribution in [2.75, 3.05) is 13.7 Å². The van der Waals surface area contributed by atoms with Crippen molar-refractivity contribution in [3.05, 3.63) is 40.4 Å². The molecule has 3 aromatic rings. The lowest BCUT2D eigenvalue weighted by Crippen LogP contribution is -2.36. The van der Waals surface area contributed by atoms with Gasteiger partial charge in [0, 0.05) is 7.05 Å². The van der Waals surface area contributed by atoms with Crippen LogP contribution in [0, 0.1) is 0 Å². The Morgan fingerprint density at radius 2 is 2.12 bits per heavy atom. The highest BCUT2D eigenvalue weighted by Crippen LogP contribution is 2.22. The van der Waals surface area contributed by atoms with Crippen LogP contribution in [0.4, 0.5) is 0 Å². The number of hydrogen-bond donors (Lipinski definition) is 0. The van der Waals surface area contributed by atoms with E-state index < -0.39 is 0 Å². The van der Waals surface area contributed by atoms with Crippen molar-refractivity contribution in [3.63, 3.8) is 0 Å². The normalized spacial score (nSPS) is 18.2. The Morgan fingerprint density at radius 3 is 2.92 bits per heavy atom. The Morgan fingerprint density at radius 1 is 1.32 bits per heavy atom. The zero-order valence-corrected chi connectivity index (χ0v) is 14.2. The van der Waals surface area contributed by atoms with E-state index in [1.165, 1.54) is 11.7 Å². The van der Waals surface area contributed by atoms with Crippen LogP contribution in [0.25, 0.3) is 16.7 Å². The molecule has 0 spiro atoms. The first-order valence-electron chi connectivity index (χ1n) is 8.25. The van der Waals surface area contributed by atoms with Crippen LogP contribution in [0.3, 0.4) is 0 Å². The maximum Gasteiger partial charge on any atom is 0.323 e. The first-order valence-corrected chi connectivity index (χ1v) is 8.25. The monoisotopic (exact) mass is 341 g/mol. The summed E-state index contributed by atoms with van der Waals surface area (Å²) in [7, 11) is 3.10. The number of aryl methyl sites for hydroxylation is 1. The molecule has 1 unspecified atom stereocenters. The van der Waals surface area contributed by atoms with Crippen molar-refractivity contribution in [2.24, 2.45) is 7.05 Å². The van der Waals surface area contributed by atoms with E-state index in [0.717, 1.165) is 24.9 Å². The Kier molecular flexibility index (Phi) is 3.76. The summed E-state index contributed by atoms with van der Waals surface area (Å²) < 4.78 is 8.30. The van der Waals surface area contributed by atoms with Gasteiger partial charge in [-0.3, -0.25) is 23.5 Å². The number of esters is 1. The number of nitrogens with zero attached hydrogens (tertiary/aromatic N) is 5. The molecule has 0 radical (unpaired) electrons. The minimum absolute atomic E-state index is 0.101. The van der Waals surface area contributed by atoms with Crippen molar-refractivity contribution in [3.8, 4) is 0 Å². The van der Waals surface area contributed by atoms with Crippen LogP contribution in [0.15, 0.2) is 29.1 Å². The van der Waals surface area contributed by atoms with Gasteiger partial charge in [0.1, 0.15) is 6.04 Å². The maximum absolute atomic E-state index is 12.5. The van der Waals surface area contributed by atoms with E-state index in [9.17, 15) is 9.59 Å². The third-order valence-corrected chi connectivity index (χ3v) is 4.87. The fraction of sp³-hybridized carbons (Fsp3) is 0.412. The summed E-state index contributed by atoms with van der Waals surface area (Å²) in [6, 6.07) is 7.16. The molecule has 8 nitrogen and oxygen atoms in total. The van der Waals surface area contributed by atoms with E-state index in [1.807, 2.05) is 22.6 Å². The topological polar surface area (TPSA) is 81.7 Å². The molecule has 1 aromatic carbocycles. The van der Waals surface area contributed by atoms with Gasteiger partial charge in [-0.1, -0.05) is 12.1 Å². The lowest BCUT2D eigenvalue weighted by Gasteiger charge is -2.21. The van der Waals surface area contributed by atoms with Crippen LogP contribution in [-0.4, -0.2) is 49.7 Å². The number of para-hydroxylation sites is 1. The van der Waals surface area contributed by atoms with Gasteiger partial charge >= 0.3 is 5.97 Å². The van der Waals surface area contributed by atoms with Gasteiger partial charge in [0.2, 0.25) is 5.78 Å². The number of likely N-dealkylation sites (tertiary alicyclic amines) is 1. The molecule has 0 N–H and O–H groups in total. The number of carbonyl (C=O) groups excluding carboxylic acids is 1. The van der Waals surface area contributed by atoms with E-state index >= 15 is 0 Å². The highest BCUT2D eigenvalue weighted by molar-refractivity contribution is 5.80. The predicted molar refractivity (Wildman–Crippen MR) is 91.2 cm³/mol. The Labute approximate surface area is 143 Å². The average molecular weight is 341 g/mol. The Balaban J connectivity index is 1.84. The molecule has 0 saturated carbocycles. The van der Waals surface area contributed by atoms with Crippen molar-refractivity contribution in [1.29, 1.82) is 0 Å². The zero-order chi connectivity index (χ0) is 17.6. The summed E-state index contributed by atoms with van der Waals surface area (Å²) in [6.45, 7) is 1.28. The molecular formula is C17H19N5O3. The number of methoxy groups -OCH3 is 1. The van der Waals surface area contributed by atoms with Crippen molar-refractivity contribution in [1.82, 2.24) is 24.1 Å². The Hall–Kier alpha value is -2.74. The van der Waals surface area contributed by atoms with E-state index in [4.69, 9.17) is 4.74 Å². The number of fused-ring (bicyclic) bond motifs is 3. The van der Waals surface area contributed by atoms with Crippen LogP contribution in [0.2, 0.25) is 0 Å². The van der Waals surface area contributed by atoms with Crippen LogP contribution >= 0.6 is 0 Å². The largest absolute Gasteiger partial charge is 0.468 e. The third kappa shape index (κ3) is 2.41. The number of ether oxygens (including phenoxy) is 1. The molecule has 1 aliphatic heterocycles. The lowest BCUT2D eigenvalue weighted by atomic mass is 10.2. The number of hydrogen-bond acceptors (Lipinski definition) is 6. The van der Waals surface area contributed by atoms with Gasteiger partial charge in [-0.05, 0) is 31.5 Å². The SMILES string of the molecule is COC(=O)C1CCCN1Cc1nnc2n(C)c(=O)c3ccccc3n12. The predicted octanol–water partition coefficient (Wildman–Crippen LogP) is 0.719. The summed E-state index contributed by atoms with van der Waals surface area (Å²) in [4.78, 5) is 26.5. The fourth-order valence-electron chi connectivity index (χ4n) is 3.59. The molecule has 0 amide bonds. The van der Waals surface area contributed by atoms with Gasteiger partial charge in [-0.25, -0.2) is 0 Å². The second kappa shape index (κ2) is 5.96. The van der Waals surface area contributed by atoms with Crippen molar-refractivity contribution >= 4 is 22.6 Å². The Bertz CT molecular complexity index is 1020. The minimum atomic E-state index is -0.254. The number of aromatic nitrogens is 4. The molecule has 1 fully saturated rings. The van der Waals surface area contributed by atoms with E-state index in [2.05, 4.69) is 15.1 Å². The van der Waals surface area contributed by atoms with Gasteiger partial charge in [0.25, 0.3) is 5.56 Å². The number of carbonyl (C=O) groups is 1. The lowest BCUT2D eigenvalue weighted by molar-refractivity contribution is -0.146. The molecular weight excluding hydrogens is 322 g/mol. The molecule has 1 saturated heterocycles. The fourth-order valence-corrected chi connectivity index (χ4v) is 3.59. The van der Waals surface area contributed by atoms with E-state index in [1.54, 1.807) is 13.1 Å². The van der Waals surface area contributed by atoms with E-state index in [-0.39, 0.29) is 17.6 Å². The smallest absolute Gasteiger partial charge is 0.323 e. The molecule has 1 atom stereocenters. The van der Waals surface area contributed by atoms with Crippen LogP contribution < -0.4 is 5.56 Å². The standard InChI is InChI=1S/C17H19N5O3/c1-20-15(23)11-6-3-4-7-12(11)22-14(18-19-17(20)22)10-21-9-5-8-13(21)16(24)25-2/h3-4,6-7,13H,5,8-10H2,1-2H3. The number of benzene rings is 1. The van der Waals surface area contributed by atoms with Crippen molar-refractivity contribution in [2.45, 2.75) is 25.4 Å². The molecule has 130 valence electrons. The summed E-state index contributed by atoms with van der Waals surface area (Å²) in [6.07, 6.45) is 1.72. The van der Waals surface area contributed by atoms with Crippen LogP contribution in [-0.2, 0) is 23.1 Å². The second-order valence-electron chi connectivity index (χ2n) is 6.28.